The van der Waals surface area contributed by atoms with Crippen LogP contribution in [0.2, 0.25) is 0 Å². The summed E-state index contributed by atoms with van der Waals surface area (Å²) in [6.07, 6.45) is 2.22. The molecule has 0 saturated carbocycles. The van der Waals surface area contributed by atoms with Crippen molar-refractivity contribution in [2.24, 2.45) is 11.7 Å². The molecular weight excluding hydrogens is 218 g/mol. The Bertz CT molecular complexity index is 389. The quantitative estimate of drug-likeness (QED) is 0.781. The summed E-state index contributed by atoms with van der Waals surface area (Å²) in [5, 5.41) is 3.31. The van der Waals surface area contributed by atoms with Crippen LogP contribution in [0.25, 0.3) is 0 Å². The van der Waals surface area contributed by atoms with Gasteiger partial charge in [-0.15, -0.1) is 0 Å². The van der Waals surface area contributed by atoms with Crippen molar-refractivity contribution in [1.82, 2.24) is 10.3 Å². The molecule has 2 rings (SSSR count). The van der Waals surface area contributed by atoms with Gasteiger partial charge in [-0.3, -0.25) is 4.79 Å². The van der Waals surface area contributed by atoms with Gasteiger partial charge in [-0.05, 0) is 37.9 Å². The molecule has 1 atom stereocenters. The molecule has 92 valence electrons. The number of primary amides is 1. The number of carbonyl (C=O) groups is 1. The molecule has 2 heterocycles. The average Bonchev–Trinajstić information content (AvgIpc) is 2.82. The van der Waals surface area contributed by atoms with E-state index in [-0.39, 0.29) is 5.69 Å². The summed E-state index contributed by atoms with van der Waals surface area (Å²) in [6.45, 7) is 2.79. The number of nitrogens with two attached hydrogens (primary N) is 1. The molecule has 5 nitrogen and oxygen atoms in total. The van der Waals surface area contributed by atoms with Gasteiger partial charge in [0.1, 0.15) is 5.69 Å². The fraction of sp³-hybridized carbons (Fsp3) is 0.500. The van der Waals surface area contributed by atoms with Gasteiger partial charge >= 0.3 is 0 Å². The number of ether oxygens (including phenoxy) is 1. The van der Waals surface area contributed by atoms with Gasteiger partial charge in [0.2, 0.25) is 5.88 Å². The first-order valence-electron chi connectivity index (χ1n) is 5.86. The number of nitrogens with one attached hydrogen (secondary N) is 1. The molecule has 1 unspecified atom stereocenters. The van der Waals surface area contributed by atoms with Crippen LogP contribution in [0.15, 0.2) is 18.2 Å². The highest BCUT2D eigenvalue weighted by atomic mass is 16.5. The molecule has 0 spiro atoms. The third kappa shape index (κ3) is 3.42. The van der Waals surface area contributed by atoms with Crippen LogP contribution in [0.4, 0.5) is 0 Å². The van der Waals surface area contributed by atoms with Crippen molar-refractivity contribution in [3.63, 3.8) is 0 Å². The fourth-order valence-corrected chi connectivity index (χ4v) is 1.92. The van der Waals surface area contributed by atoms with Crippen molar-refractivity contribution in [2.45, 2.75) is 12.8 Å². The van der Waals surface area contributed by atoms with Gasteiger partial charge in [-0.1, -0.05) is 6.07 Å². The van der Waals surface area contributed by atoms with Crippen LogP contribution in [0, 0.1) is 5.92 Å². The van der Waals surface area contributed by atoms with Crippen LogP contribution in [-0.2, 0) is 0 Å². The molecule has 0 radical (unpaired) electrons. The van der Waals surface area contributed by atoms with E-state index in [2.05, 4.69) is 10.3 Å². The Hall–Kier alpha value is -1.62. The first-order valence-corrected chi connectivity index (χ1v) is 5.86. The van der Waals surface area contributed by atoms with E-state index in [9.17, 15) is 4.79 Å². The number of nitrogens with zero attached hydrogens (tertiary/aromatic N) is 1. The first kappa shape index (κ1) is 11.9. The zero-order valence-electron chi connectivity index (χ0n) is 9.69. The molecule has 1 aliphatic heterocycles. The Balaban J connectivity index is 1.81. The average molecular weight is 235 g/mol. The van der Waals surface area contributed by atoms with Crippen molar-refractivity contribution < 1.29 is 9.53 Å². The van der Waals surface area contributed by atoms with Crippen molar-refractivity contribution >= 4 is 5.91 Å². The summed E-state index contributed by atoms with van der Waals surface area (Å²) in [5.41, 5.74) is 5.39. The van der Waals surface area contributed by atoms with E-state index in [0.717, 1.165) is 19.5 Å². The van der Waals surface area contributed by atoms with Crippen LogP contribution < -0.4 is 15.8 Å². The van der Waals surface area contributed by atoms with Crippen LogP contribution in [-0.4, -0.2) is 30.6 Å². The number of amides is 1. The molecule has 0 aliphatic carbocycles. The van der Waals surface area contributed by atoms with E-state index in [0.29, 0.717) is 18.4 Å². The van der Waals surface area contributed by atoms with Gasteiger partial charge in [0, 0.05) is 6.07 Å². The molecule has 1 amide bonds. The number of pyridine rings is 1. The summed E-state index contributed by atoms with van der Waals surface area (Å²) in [4.78, 5) is 15.0. The Morgan fingerprint density at radius 3 is 3.18 bits per heavy atom. The SMILES string of the molecule is NC(=O)c1cccc(OCCC2CCNC2)n1. The molecule has 0 bridgehead atoms. The Labute approximate surface area is 100 Å². The molecular formula is C12H17N3O2. The molecule has 1 fully saturated rings. The Morgan fingerprint density at radius 1 is 1.59 bits per heavy atom. The van der Waals surface area contributed by atoms with E-state index in [4.69, 9.17) is 10.5 Å². The maximum Gasteiger partial charge on any atom is 0.267 e. The molecule has 1 aliphatic rings. The van der Waals surface area contributed by atoms with Gasteiger partial charge in [0.15, 0.2) is 0 Å². The highest BCUT2D eigenvalue weighted by molar-refractivity contribution is 5.90. The lowest BCUT2D eigenvalue weighted by Crippen LogP contribution is -2.14. The topological polar surface area (TPSA) is 77.2 Å². The molecule has 0 aromatic carbocycles. The minimum Gasteiger partial charge on any atom is -0.478 e. The van der Waals surface area contributed by atoms with Crippen molar-refractivity contribution in [3.8, 4) is 5.88 Å². The number of rotatable bonds is 5. The molecule has 3 N–H and O–H groups in total. The van der Waals surface area contributed by atoms with Crippen LogP contribution in [0.1, 0.15) is 23.3 Å². The molecule has 1 aromatic heterocycles. The zero-order valence-corrected chi connectivity index (χ0v) is 9.69. The summed E-state index contributed by atoms with van der Waals surface area (Å²) in [6, 6.07) is 5.04. The second-order valence-electron chi connectivity index (χ2n) is 4.22. The van der Waals surface area contributed by atoms with E-state index in [1.807, 2.05) is 0 Å². The van der Waals surface area contributed by atoms with Gasteiger partial charge in [0.05, 0.1) is 6.61 Å². The second kappa shape index (κ2) is 5.63. The molecule has 17 heavy (non-hydrogen) atoms. The molecule has 5 heteroatoms. The van der Waals surface area contributed by atoms with Crippen molar-refractivity contribution in [1.29, 1.82) is 0 Å². The summed E-state index contributed by atoms with van der Waals surface area (Å²) in [5.74, 6) is 0.622. The lowest BCUT2D eigenvalue weighted by molar-refractivity contribution is 0.0994. The van der Waals surface area contributed by atoms with Gasteiger partial charge in [0.25, 0.3) is 5.91 Å². The maximum absolute atomic E-state index is 10.9. The molecule has 1 saturated heterocycles. The summed E-state index contributed by atoms with van der Waals surface area (Å²) < 4.78 is 5.51. The molecule has 1 aromatic rings. The predicted molar refractivity (Wildman–Crippen MR) is 63.8 cm³/mol. The van der Waals surface area contributed by atoms with E-state index in [1.54, 1.807) is 18.2 Å². The third-order valence-corrected chi connectivity index (χ3v) is 2.91. The lowest BCUT2D eigenvalue weighted by atomic mass is 10.1. The second-order valence-corrected chi connectivity index (χ2v) is 4.22. The normalized spacial score (nSPS) is 19.2. The minimum absolute atomic E-state index is 0.241. The van der Waals surface area contributed by atoms with Crippen LogP contribution in [0.5, 0.6) is 5.88 Å². The van der Waals surface area contributed by atoms with Crippen LogP contribution >= 0.6 is 0 Å². The lowest BCUT2D eigenvalue weighted by Gasteiger charge is -2.09. The van der Waals surface area contributed by atoms with Gasteiger partial charge in [-0.25, -0.2) is 4.98 Å². The standard InChI is InChI=1S/C12H17N3O2/c13-12(16)10-2-1-3-11(15-10)17-7-5-9-4-6-14-8-9/h1-3,9,14H,4-8H2,(H2,13,16). The highest BCUT2D eigenvalue weighted by Crippen LogP contribution is 2.13. The first-order chi connectivity index (χ1) is 8.25. The Kier molecular flexibility index (Phi) is 3.93. The van der Waals surface area contributed by atoms with Gasteiger partial charge < -0.3 is 15.8 Å². The number of aromatic nitrogens is 1. The minimum atomic E-state index is -0.532. The highest BCUT2D eigenvalue weighted by Gasteiger charge is 2.14. The monoisotopic (exact) mass is 235 g/mol. The van der Waals surface area contributed by atoms with Crippen LogP contribution in [0.3, 0.4) is 0 Å². The number of hydrogen-bond donors (Lipinski definition) is 2. The number of hydrogen-bond acceptors (Lipinski definition) is 4. The zero-order chi connectivity index (χ0) is 12.1. The van der Waals surface area contributed by atoms with E-state index >= 15 is 0 Å². The smallest absolute Gasteiger partial charge is 0.267 e. The summed E-state index contributed by atoms with van der Waals surface area (Å²) in [7, 11) is 0. The predicted octanol–water partition coefficient (Wildman–Crippen LogP) is 0.559. The fourth-order valence-electron chi connectivity index (χ4n) is 1.92. The number of carbonyl (C=O) groups excluding carboxylic acids is 1. The maximum atomic E-state index is 10.9. The summed E-state index contributed by atoms with van der Waals surface area (Å²) >= 11 is 0. The largest absolute Gasteiger partial charge is 0.478 e. The van der Waals surface area contributed by atoms with E-state index in [1.165, 1.54) is 6.42 Å². The van der Waals surface area contributed by atoms with Crippen molar-refractivity contribution in [3.05, 3.63) is 23.9 Å². The van der Waals surface area contributed by atoms with Crippen molar-refractivity contribution in [2.75, 3.05) is 19.7 Å². The third-order valence-electron chi connectivity index (χ3n) is 2.91. The Morgan fingerprint density at radius 2 is 2.47 bits per heavy atom. The van der Waals surface area contributed by atoms with Gasteiger partial charge in [-0.2, -0.15) is 0 Å². The van der Waals surface area contributed by atoms with E-state index < -0.39 is 5.91 Å².